The standard InChI is InChI=1S/C12H15ClN4/c13-11-3-4-12(16-9-11)15-5-1-2-7-17-8-6-14-10-17/h3-4,6,8-10H,1-2,5,7H2,(H,15,16). The van der Waals surface area contributed by atoms with Gasteiger partial charge in [0.2, 0.25) is 0 Å². The predicted molar refractivity (Wildman–Crippen MR) is 69.2 cm³/mol. The Morgan fingerprint density at radius 2 is 2.24 bits per heavy atom. The molecule has 0 aliphatic carbocycles. The summed E-state index contributed by atoms with van der Waals surface area (Å²) in [6.07, 6.45) is 9.49. The molecule has 1 N–H and O–H groups in total. The molecule has 0 aromatic carbocycles. The van der Waals surface area contributed by atoms with Crippen LogP contribution in [-0.4, -0.2) is 21.1 Å². The summed E-state index contributed by atoms with van der Waals surface area (Å²) < 4.78 is 2.08. The van der Waals surface area contributed by atoms with E-state index in [9.17, 15) is 0 Å². The highest BCUT2D eigenvalue weighted by molar-refractivity contribution is 6.30. The number of nitrogens with one attached hydrogen (secondary N) is 1. The van der Waals surface area contributed by atoms with Crippen molar-refractivity contribution in [2.24, 2.45) is 0 Å². The second kappa shape index (κ2) is 6.25. The molecule has 5 heteroatoms. The van der Waals surface area contributed by atoms with Gasteiger partial charge in [-0.3, -0.25) is 0 Å². The van der Waals surface area contributed by atoms with E-state index in [-0.39, 0.29) is 0 Å². The molecule has 4 nitrogen and oxygen atoms in total. The maximum atomic E-state index is 5.75. The average Bonchev–Trinajstić information content (AvgIpc) is 2.84. The minimum atomic E-state index is 0.663. The molecule has 0 aliphatic heterocycles. The van der Waals surface area contributed by atoms with Gasteiger partial charge in [-0.1, -0.05) is 11.6 Å². The first kappa shape index (κ1) is 11.9. The fraction of sp³-hybridized carbons (Fsp3) is 0.333. The van der Waals surface area contributed by atoms with Crippen molar-refractivity contribution in [3.8, 4) is 0 Å². The van der Waals surface area contributed by atoms with Crippen molar-refractivity contribution in [1.29, 1.82) is 0 Å². The monoisotopic (exact) mass is 250 g/mol. The van der Waals surface area contributed by atoms with Crippen molar-refractivity contribution in [3.05, 3.63) is 42.1 Å². The molecule has 2 aromatic heterocycles. The minimum Gasteiger partial charge on any atom is -0.370 e. The highest BCUT2D eigenvalue weighted by atomic mass is 35.5. The molecule has 0 bridgehead atoms. The van der Waals surface area contributed by atoms with Crippen LogP contribution in [-0.2, 0) is 6.54 Å². The van der Waals surface area contributed by atoms with Gasteiger partial charge in [-0.15, -0.1) is 0 Å². The number of hydrogen-bond donors (Lipinski definition) is 1. The molecule has 0 atom stereocenters. The third kappa shape index (κ3) is 4.07. The van der Waals surface area contributed by atoms with Gasteiger partial charge in [0, 0.05) is 31.7 Å². The van der Waals surface area contributed by atoms with Gasteiger partial charge >= 0.3 is 0 Å². The fourth-order valence-corrected chi connectivity index (χ4v) is 1.65. The van der Waals surface area contributed by atoms with Gasteiger partial charge in [0.15, 0.2) is 0 Å². The Kier molecular flexibility index (Phi) is 4.38. The van der Waals surface area contributed by atoms with E-state index >= 15 is 0 Å². The van der Waals surface area contributed by atoms with Crippen LogP contribution in [0.25, 0.3) is 0 Å². The number of imidazole rings is 1. The summed E-state index contributed by atoms with van der Waals surface area (Å²) in [6.45, 7) is 1.93. The summed E-state index contributed by atoms with van der Waals surface area (Å²) in [5.41, 5.74) is 0. The van der Waals surface area contributed by atoms with Crippen molar-refractivity contribution < 1.29 is 0 Å². The van der Waals surface area contributed by atoms with Crippen molar-refractivity contribution >= 4 is 17.4 Å². The third-order valence-corrected chi connectivity index (χ3v) is 2.66. The number of pyridine rings is 1. The van der Waals surface area contributed by atoms with E-state index in [4.69, 9.17) is 11.6 Å². The minimum absolute atomic E-state index is 0.663. The second-order valence-electron chi connectivity index (χ2n) is 3.80. The van der Waals surface area contributed by atoms with Crippen LogP contribution in [0.5, 0.6) is 0 Å². The number of rotatable bonds is 6. The average molecular weight is 251 g/mol. The molecule has 0 radical (unpaired) electrons. The first-order valence-electron chi connectivity index (χ1n) is 5.66. The highest BCUT2D eigenvalue weighted by Crippen LogP contribution is 2.09. The van der Waals surface area contributed by atoms with E-state index in [1.54, 1.807) is 12.4 Å². The normalized spacial score (nSPS) is 10.4. The lowest BCUT2D eigenvalue weighted by Crippen LogP contribution is -2.04. The molecule has 2 rings (SSSR count). The molecule has 2 heterocycles. The van der Waals surface area contributed by atoms with E-state index in [0.717, 1.165) is 31.7 Å². The maximum absolute atomic E-state index is 5.75. The maximum Gasteiger partial charge on any atom is 0.125 e. The molecule has 0 saturated carbocycles. The predicted octanol–water partition coefficient (Wildman–Crippen LogP) is 2.82. The summed E-state index contributed by atoms with van der Waals surface area (Å²) >= 11 is 5.75. The molecular formula is C12H15ClN4. The topological polar surface area (TPSA) is 42.7 Å². The van der Waals surface area contributed by atoms with E-state index < -0.39 is 0 Å². The quantitative estimate of drug-likeness (QED) is 0.802. The zero-order valence-electron chi connectivity index (χ0n) is 9.51. The molecule has 2 aromatic rings. The molecular weight excluding hydrogens is 236 g/mol. The van der Waals surface area contributed by atoms with Crippen LogP contribution < -0.4 is 5.32 Å². The van der Waals surface area contributed by atoms with Crippen LogP contribution in [0, 0.1) is 0 Å². The lowest BCUT2D eigenvalue weighted by Gasteiger charge is -2.05. The number of unbranched alkanes of at least 4 members (excludes halogenated alkanes) is 1. The van der Waals surface area contributed by atoms with Crippen molar-refractivity contribution in [3.63, 3.8) is 0 Å². The van der Waals surface area contributed by atoms with E-state index in [2.05, 4.69) is 19.9 Å². The number of anilines is 1. The number of aryl methyl sites for hydroxylation is 1. The number of aromatic nitrogens is 3. The highest BCUT2D eigenvalue weighted by Gasteiger charge is 1.94. The van der Waals surface area contributed by atoms with Crippen LogP contribution in [0.2, 0.25) is 5.02 Å². The fourth-order valence-electron chi connectivity index (χ4n) is 1.54. The SMILES string of the molecule is Clc1ccc(NCCCCn2ccnc2)nc1. The largest absolute Gasteiger partial charge is 0.370 e. The van der Waals surface area contributed by atoms with Crippen molar-refractivity contribution in [1.82, 2.24) is 14.5 Å². The molecule has 0 aliphatic rings. The van der Waals surface area contributed by atoms with E-state index in [1.165, 1.54) is 0 Å². The summed E-state index contributed by atoms with van der Waals surface area (Å²) in [4.78, 5) is 8.17. The molecule has 0 amide bonds. The van der Waals surface area contributed by atoms with Crippen molar-refractivity contribution in [2.45, 2.75) is 19.4 Å². The zero-order valence-corrected chi connectivity index (χ0v) is 10.3. The molecule has 0 fully saturated rings. The first-order valence-corrected chi connectivity index (χ1v) is 6.03. The summed E-state index contributed by atoms with van der Waals surface area (Å²) in [6, 6.07) is 3.72. The van der Waals surface area contributed by atoms with Gasteiger partial charge in [-0.2, -0.15) is 0 Å². The van der Waals surface area contributed by atoms with Gasteiger partial charge in [-0.25, -0.2) is 9.97 Å². The second-order valence-corrected chi connectivity index (χ2v) is 4.23. The van der Waals surface area contributed by atoms with Crippen LogP contribution in [0.1, 0.15) is 12.8 Å². The molecule has 0 saturated heterocycles. The summed E-state index contributed by atoms with van der Waals surface area (Å²) in [5, 5.41) is 3.92. The third-order valence-electron chi connectivity index (χ3n) is 2.44. The van der Waals surface area contributed by atoms with Gasteiger partial charge in [-0.05, 0) is 25.0 Å². The molecule has 17 heavy (non-hydrogen) atoms. The van der Waals surface area contributed by atoms with Crippen LogP contribution in [0.3, 0.4) is 0 Å². The summed E-state index contributed by atoms with van der Waals surface area (Å²) in [7, 11) is 0. The number of nitrogens with zero attached hydrogens (tertiary/aromatic N) is 3. The van der Waals surface area contributed by atoms with Gasteiger partial charge in [0.05, 0.1) is 11.3 Å². The Hall–Kier alpha value is -1.55. The Labute approximate surface area is 106 Å². The zero-order chi connectivity index (χ0) is 11.9. The van der Waals surface area contributed by atoms with E-state index in [1.807, 2.05) is 24.7 Å². The summed E-state index contributed by atoms with van der Waals surface area (Å²) in [5.74, 6) is 0.872. The lowest BCUT2D eigenvalue weighted by atomic mass is 10.3. The molecule has 0 unspecified atom stereocenters. The van der Waals surface area contributed by atoms with Crippen LogP contribution >= 0.6 is 11.6 Å². The Balaban J connectivity index is 1.61. The van der Waals surface area contributed by atoms with Gasteiger partial charge in [0.1, 0.15) is 5.82 Å². The van der Waals surface area contributed by atoms with Gasteiger partial charge < -0.3 is 9.88 Å². The number of hydrogen-bond acceptors (Lipinski definition) is 3. The lowest BCUT2D eigenvalue weighted by molar-refractivity contribution is 0.620. The molecule has 0 spiro atoms. The van der Waals surface area contributed by atoms with Crippen LogP contribution in [0.15, 0.2) is 37.1 Å². The van der Waals surface area contributed by atoms with E-state index in [0.29, 0.717) is 5.02 Å². The van der Waals surface area contributed by atoms with Crippen molar-refractivity contribution in [2.75, 3.05) is 11.9 Å². The Bertz CT molecular complexity index is 424. The van der Waals surface area contributed by atoms with Gasteiger partial charge in [0.25, 0.3) is 0 Å². The Morgan fingerprint density at radius 3 is 2.94 bits per heavy atom. The van der Waals surface area contributed by atoms with Crippen LogP contribution in [0.4, 0.5) is 5.82 Å². The number of halogens is 1. The first-order chi connectivity index (χ1) is 8.34. The smallest absolute Gasteiger partial charge is 0.125 e. The Morgan fingerprint density at radius 1 is 1.29 bits per heavy atom. The molecule has 90 valence electrons.